The summed E-state index contributed by atoms with van der Waals surface area (Å²) in [5, 5.41) is 3.26. The molecule has 0 atom stereocenters. The van der Waals surface area contributed by atoms with Gasteiger partial charge in [-0.05, 0) is 66.8 Å². The molecule has 0 saturated heterocycles. The molecule has 0 aliphatic carbocycles. The summed E-state index contributed by atoms with van der Waals surface area (Å²) >= 11 is 0. The highest BCUT2D eigenvalue weighted by molar-refractivity contribution is 5.65. The molecular weight excluding hydrogens is 263 g/mol. The highest BCUT2D eigenvalue weighted by Crippen LogP contribution is 2.30. The fourth-order valence-corrected chi connectivity index (χ4v) is 3.26. The molecule has 0 saturated carbocycles. The molecule has 0 radical (unpaired) electrons. The van der Waals surface area contributed by atoms with Gasteiger partial charge in [0.25, 0.3) is 0 Å². The standard InChI is InChI=1S/C18H21FN2/c1-12-8-17(9-13(2)18(12)20-3)21-7-6-14-10-16(19)5-4-15(14)11-21/h4-5,8-10,20H,6-7,11H2,1-3H3. The van der Waals surface area contributed by atoms with Crippen LogP contribution in [-0.2, 0) is 13.0 Å². The first-order valence-electron chi connectivity index (χ1n) is 7.39. The van der Waals surface area contributed by atoms with E-state index in [-0.39, 0.29) is 5.82 Å². The van der Waals surface area contributed by atoms with E-state index in [1.54, 1.807) is 12.1 Å². The molecule has 2 aromatic rings. The van der Waals surface area contributed by atoms with Gasteiger partial charge >= 0.3 is 0 Å². The van der Waals surface area contributed by atoms with E-state index in [9.17, 15) is 4.39 Å². The molecular formula is C18H21FN2. The molecule has 0 amide bonds. The number of anilines is 2. The lowest BCUT2D eigenvalue weighted by Crippen LogP contribution is -2.30. The van der Waals surface area contributed by atoms with Crippen molar-refractivity contribution in [2.75, 3.05) is 23.8 Å². The van der Waals surface area contributed by atoms with Crippen LogP contribution >= 0.6 is 0 Å². The molecule has 1 N–H and O–H groups in total. The van der Waals surface area contributed by atoms with Crippen molar-refractivity contribution >= 4 is 11.4 Å². The van der Waals surface area contributed by atoms with Crippen LogP contribution in [0.1, 0.15) is 22.3 Å². The smallest absolute Gasteiger partial charge is 0.123 e. The number of hydrogen-bond donors (Lipinski definition) is 1. The van der Waals surface area contributed by atoms with E-state index < -0.39 is 0 Å². The monoisotopic (exact) mass is 284 g/mol. The number of rotatable bonds is 2. The summed E-state index contributed by atoms with van der Waals surface area (Å²) < 4.78 is 13.3. The number of nitrogens with one attached hydrogen (secondary N) is 1. The quantitative estimate of drug-likeness (QED) is 0.895. The maximum atomic E-state index is 13.3. The minimum absolute atomic E-state index is 0.132. The normalized spacial score (nSPS) is 14.0. The van der Waals surface area contributed by atoms with E-state index in [0.717, 1.165) is 25.1 Å². The van der Waals surface area contributed by atoms with Gasteiger partial charge in [0, 0.05) is 31.5 Å². The van der Waals surface area contributed by atoms with Crippen molar-refractivity contribution < 1.29 is 4.39 Å². The van der Waals surface area contributed by atoms with Gasteiger partial charge in [0.15, 0.2) is 0 Å². The van der Waals surface area contributed by atoms with E-state index in [2.05, 4.69) is 36.2 Å². The molecule has 110 valence electrons. The van der Waals surface area contributed by atoms with Gasteiger partial charge in [0.2, 0.25) is 0 Å². The van der Waals surface area contributed by atoms with Crippen molar-refractivity contribution in [2.45, 2.75) is 26.8 Å². The van der Waals surface area contributed by atoms with Crippen LogP contribution in [0.25, 0.3) is 0 Å². The first-order valence-corrected chi connectivity index (χ1v) is 7.39. The van der Waals surface area contributed by atoms with Gasteiger partial charge in [-0.15, -0.1) is 0 Å². The number of benzene rings is 2. The van der Waals surface area contributed by atoms with Gasteiger partial charge in [0.05, 0.1) is 0 Å². The second kappa shape index (κ2) is 5.40. The van der Waals surface area contributed by atoms with Crippen LogP contribution < -0.4 is 10.2 Å². The first-order chi connectivity index (χ1) is 10.1. The maximum Gasteiger partial charge on any atom is 0.123 e. The Kier molecular flexibility index (Phi) is 3.58. The molecule has 0 unspecified atom stereocenters. The Morgan fingerprint density at radius 2 is 1.76 bits per heavy atom. The molecule has 0 fully saturated rings. The van der Waals surface area contributed by atoms with E-state index >= 15 is 0 Å². The Morgan fingerprint density at radius 3 is 2.43 bits per heavy atom. The minimum Gasteiger partial charge on any atom is -0.388 e. The fraction of sp³-hybridized carbons (Fsp3) is 0.333. The number of halogens is 1. The molecule has 21 heavy (non-hydrogen) atoms. The molecule has 3 heteroatoms. The van der Waals surface area contributed by atoms with Crippen LogP contribution in [0.4, 0.5) is 15.8 Å². The molecule has 3 rings (SSSR count). The van der Waals surface area contributed by atoms with Crippen LogP contribution in [0.5, 0.6) is 0 Å². The van der Waals surface area contributed by atoms with Crippen LogP contribution in [0.2, 0.25) is 0 Å². The van der Waals surface area contributed by atoms with Gasteiger partial charge in [-0.3, -0.25) is 0 Å². The van der Waals surface area contributed by atoms with Crippen molar-refractivity contribution in [3.05, 3.63) is 58.4 Å². The Balaban J connectivity index is 1.91. The SMILES string of the molecule is CNc1c(C)cc(N2CCc3cc(F)ccc3C2)cc1C. The highest BCUT2D eigenvalue weighted by Gasteiger charge is 2.18. The molecule has 0 spiro atoms. The van der Waals surface area contributed by atoms with Crippen LogP contribution in [0.3, 0.4) is 0 Å². The average molecular weight is 284 g/mol. The van der Waals surface area contributed by atoms with Crippen molar-refractivity contribution in [2.24, 2.45) is 0 Å². The summed E-state index contributed by atoms with van der Waals surface area (Å²) in [4.78, 5) is 2.37. The Labute approximate surface area is 125 Å². The van der Waals surface area contributed by atoms with Crippen molar-refractivity contribution in [1.82, 2.24) is 0 Å². The third-order valence-electron chi connectivity index (χ3n) is 4.31. The molecule has 1 aliphatic rings. The second-order valence-corrected chi connectivity index (χ2v) is 5.79. The Bertz CT molecular complexity index is 656. The topological polar surface area (TPSA) is 15.3 Å². The third-order valence-corrected chi connectivity index (χ3v) is 4.31. The summed E-state index contributed by atoms with van der Waals surface area (Å²) in [6.07, 6.45) is 0.902. The summed E-state index contributed by atoms with van der Waals surface area (Å²) in [6.45, 7) is 6.06. The van der Waals surface area contributed by atoms with Crippen molar-refractivity contribution in [3.8, 4) is 0 Å². The average Bonchev–Trinajstić information content (AvgIpc) is 2.46. The van der Waals surface area contributed by atoms with Crippen LogP contribution in [0, 0.1) is 19.7 Å². The number of nitrogens with zero attached hydrogens (tertiary/aromatic N) is 1. The lowest BCUT2D eigenvalue weighted by atomic mass is 9.98. The summed E-state index contributed by atoms with van der Waals surface area (Å²) in [5.74, 6) is -0.132. The zero-order valence-corrected chi connectivity index (χ0v) is 12.8. The van der Waals surface area contributed by atoms with Crippen molar-refractivity contribution in [1.29, 1.82) is 0 Å². The molecule has 0 bridgehead atoms. The van der Waals surface area contributed by atoms with Gasteiger partial charge in [-0.1, -0.05) is 6.07 Å². The van der Waals surface area contributed by atoms with E-state index in [4.69, 9.17) is 0 Å². The van der Waals surface area contributed by atoms with Crippen molar-refractivity contribution in [3.63, 3.8) is 0 Å². The number of hydrogen-bond acceptors (Lipinski definition) is 2. The minimum atomic E-state index is -0.132. The first kappa shape index (κ1) is 13.9. The second-order valence-electron chi connectivity index (χ2n) is 5.79. The summed E-state index contributed by atoms with van der Waals surface area (Å²) in [6, 6.07) is 9.61. The Hall–Kier alpha value is -2.03. The molecule has 1 aliphatic heterocycles. The van der Waals surface area contributed by atoms with Gasteiger partial charge < -0.3 is 10.2 Å². The summed E-state index contributed by atoms with van der Waals surface area (Å²) in [7, 11) is 1.96. The maximum absolute atomic E-state index is 13.3. The predicted octanol–water partition coefficient (Wildman–Crippen LogP) is 4.05. The molecule has 2 aromatic carbocycles. The van der Waals surface area contributed by atoms with Crippen LogP contribution in [0.15, 0.2) is 30.3 Å². The summed E-state index contributed by atoms with van der Waals surface area (Å²) in [5.41, 5.74) is 7.36. The van der Waals surface area contributed by atoms with E-state index in [1.807, 2.05) is 13.1 Å². The molecule has 2 nitrogen and oxygen atoms in total. The van der Waals surface area contributed by atoms with Crippen LogP contribution in [-0.4, -0.2) is 13.6 Å². The van der Waals surface area contributed by atoms with E-state index in [1.165, 1.54) is 28.1 Å². The van der Waals surface area contributed by atoms with Gasteiger partial charge in [0.1, 0.15) is 5.82 Å². The Morgan fingerprint density at radius 1 is 1.05 bits per heavy atom. The lowest BCUT2D eigenvalue weighted by molar-refractivity contribution is 0.619. The fourth-order valence-electron chi connectivity index (χ4n) is 3.26. The predicted molar refractivity (Wildman–Crippen MR) is 86.6 cm³/mol. The zero-order valence-electron chi connectivity index (χ0n) is 12.8. The lowest BCUT2D eigenvalue weighted by Gasteiger charge is -2.31. The van der Waals surface area contributed by atoms with Gasteiger partial charge in [-0.25, -0.2) is 4.39 Å². The third kappa shape index (κ3) is 2.60. The molecule has 1 heterocycles. The highest BCUT2D eigenvalue weighted by atomic mass is 19.1. The number of aryl methyl sites for hydroxylation is 2. The largest absolute Gasteiger partial charge is 0.388 e. The number of fused-ring (bicyclic) bond motifs is 1. The molecule has 0 aromatic heterocycles. The van der Waals surface area contributed by atoms with Gasteiger partial charge in [-0.2, -0.15) is 0 Å². The van der Waals surface area contributed by atoms with E-state index in [0.29, 0.717) is 0 Å². The zero-order chi connectivity index (χ0) is 15.0.